The van der Waals surface area contributed by atoms with E-state index in [0.717, 1.165) is 48.2 Å². The Balaban J connectivity index is 1.93. The summed E-state index contributed by atoms with van der Waals surface area (Å²) in [5.41, 5.74) is 0.933. The SMILES string of the molecule is COc1ccc(CN(C(=O)CN(c2cc(OC)ccc2OC)S(C)(=O)=O)C(C)C(=O)NC2CCCCC2)cc1. The van der Waals surface area contributed by atoms with Crippen molar-refractivity contribution in [1.82, 2.24) is 10.2 Å². The first-order chi connectivity index (χ1) is 18.6. The molecule has 1 atom stereocenters. The van der Waals surface area contributed by atoms with E-state index < -0.39 is 28.5 Å². The average molecular weight is 562 g/mol. The number of nitrogens with zero attached hydrogens (tertiary/aromatic N) is 2. The van der Waals surface area contributed by atoms with Gasteiger partial charge in [0.25, 0.3) is 0 Å². The molecule has 1 N–H and O–H groups in total. The summed E-state index contributed by atoms with van der Waals surface area (Å²) in [5, 5.41) is 3.09. The largest absolute Gasteiger partial charge is 0.497 e. The van der Waals surface area contributed by atoms with E-state index in [-0.39, 0.29) is 29.9 Å². The monoisotopic (exact) mass is 561 g/mol. The molecule has 2 amide bonds. The van der Waals surface area contributed by atoms with Gasteiger partial charge in [0.05, 0.1) is 33.3 Å². The molecule has 1 unspecified atom stereocenters. The quantitative estimate of drug-likeness (QED) is 0.423. The molecule has 214 valence electrons. The average Bonchev–Trinajstić information content (AvgIpc) is 2.94. The van der Waals surface area contributed by atoms with Gasteiger partial charge >= 0.3 is 0 Å². The van der Waals surface area contributed by atoms with Crippen molar-refractivity contribution in [2.75, 3.05) is 38.4 Å². The maximum atomic E-state index is 13.8. The van der Waals surface area contributed by atoms with Crippen LogP contribution in [0.1, 0.15) is 44.6 Å². The molecule has 0 saturated heterocycles. The summed E-state index contributed by atoms with van der Waals surface area (Å²) in [5.74, 6) is 0.523. The van der Waals surface area contributed by atoms with Crippen LogP contribution in [0.2, 0.25) is 0 Å². The number of carbonyl (C=O) groups excluding carboxylic acids is 2. The van der Waals surface area contributed by atoms with E-state index in [2.05, 4.69) is 5.32 Å². The molecule has 11 heteroatoms. The fraction of sp³-hybridized carbons (Fsp3) is 0.500. The van der Waals surface area contributed by atoms with E-state index in [1.54, 1.807) is 38.3 Å². The third-order valence-corrected chi connectivity index (χ3v) is 8.09. The molecule has 0 bridgehead atoms. The number of carbonyl (C=O) groups is 2. The third-order valence-electron chi connectivity index (χ3n) is 6.96. The zero-order valence-electron chi connectivity index (χ0n) is 23.3. The van der Waals surface area contributed by atoms with Gasteiger partial charge in [-0.05, 0) is 49.6 Å². The Hall–Kier alpha value is -3.47. The lowest BCUT2D eigenvalue weighted by Crippen LogP contribution is -2.53. The lowest BCUT2D eigenvalue weighted by Gasteiger charge is -2.33. The van der Waals surface area contributed by atoms with Crippen molar-refractivity contribution in [3.63, 3.8) is 0 Å². The fourth-order valence-electron chi connectivity index (χ4n) is 4.67. The molecule has 2 aromatic rings. The summed E-state index contributed by atoms with van der Waals surface area (Å²) >= 11 is 0. The van der Waals surface area contributed by atoms with Gasteiger partial charge in [-0.2, -0.15) is 0 Å². The summed E-state index contributed by atoms with van der Waals surface area (Å²) in [6.45, 7) is 1.24. The summed E-state index contributed by atoms with van der Waals surface area (Å²) in [6.07, 6.45) is 6.09. The van der Waals surface area contributed by atoms with Crippen LogP contribution < -0.4 is 23.8 Å². The van der Waals surface area contributed by atoms with Crippen molar-refractivity contribution in [3.05, 3.63) is 48.0 Å². The second-order valence-corrected chi connectivity index (χ2v) is 11.6. The maximum Gasteiger partial charge on any atom is 0.244 e. The smallest absolute Gasteiger partial charge is 0.244 e. The van der Waals surface area contributed by atoms with Crippen molar-refractivity contribution in [3.8, 4) is 17.2 Å². The van der Waals surface area contributed by atoms with Crippen LogP contribution in [0.4, 0.5) is 5.69 Å². The van der Waals surface area contributed by atoms with Crippen LogP contribution in [0.25, 0.3) is 0 Å². The molecule has 1 fully saturated rings. The highest BCUT2D eigenvalue weighted by Gasteiger charge is 2.32. The second kappa shape index (κ2) is 13.5. The summed E-state index contributed by atoms with van der Waals surface area (Å²) in [6, 6.07) is 11.1. The Bertz CT molecular complexity index is 1230. The van der Waals surface area contributed by atoms with E-state index in [9.17, 15) is 18.0 Å². The molecule has 0 aliphatic heterocycles. The van der Waals surface area contributed by atoms with Crippen molar-refractivity contribution in [1.29, 1.82) is 0 Å². The van der Waals surface area contributed by atoms with Gasteiger partial charge in [-0.1, -0.05) is 31.4 Å². The van der Waals surface area contributed by atoms with E-state index in [0.29, 0.717) is 11.5 Å². The van der Waals surface area contributed by atoms with E-state index in [1.165, 1.54) is 25.2 Å². The Morgan fingerprint density at radius 1 is 0.949 bits per heavy atom. The number of nitrogens with one attached hydrogen (secondary N) is 1. The van der Waals surface area contributed by atoms with Gasteiger partial charge in [0.2, 0.25) is 21.8 Å². The van der Waals surface area contributed by atoms with Crippen LogP contribution in [-0.4, -0.2) is 71.3 Å². The molecule has 0 spiro atoms. The number of ether oxygens (including phenoxy) is 3. The molecular weight excluding hydrogens is 522 g/mol. The van der Waals surface area contributed by atoms with Crippen molar-refractivity contribution >= 4 is 27.5 Å². The molecule has 0 heterocycles. The third kappa shape index (κ3) is 8.01. The number of sulfonamides is 1. The Labute approximate surface area is 231 Å². The fourth-order valence-corrected chi connectivity index (χ4v) is 5.51. The van der Waals surface area contributed by atoms with E-state index in [1.807, 2.05) is 12.1 Å². The molecule has 10 nitrogen and oxygen atoms in total. The molecule has 39 heavy (non-hydrogen) atoms. The van der Waals surface area contributed by atoms with Gasteiger partial charge in [0.1, 0.15) is 29.8 Å². The standard InChI is InChI=1S/C28H39N3O7S/c1-20(28(33)29-22-9-7-6-8-10-22)30(18-21-11-13-23(36-2)14-12-21)27(32)19-31(39(5,34)35)25-17-24(37-3)15-16-26(25)38-4/h11-17,20,22H,6-10,18-19H2,1-5H3,(H,29,33). The number of benzene rings is 2. The van der Waals surface area contributed by atoms with Gasteiger partial charge < -0.3 is 24.4 Å². The van der Waals surface area contributed by atoms with Crippen molar-refractivity contribution in [2.45, 2.75) is 57.7 Å². The van der Waals surface area contributed by atoms with Gasteiger partial charge in [-0.3, -0.25) is 13.9 Å². The molecule has 3 rings (SSSR count). The van der Waals surface area contributed by atoms with Crippen molar-refractivity contribution in [2.24, 2.45) is 0 Å². The number of hydrogen-bond acceptors (Lipinski definition) is 7. The first-order valence-corrected chi connectivity index (χ1v) is 14.8. The molecular formula is C28H39N3O7S. The predicted molar refractivity (Wildman–Crippen MR) is 150 cm³/mol. The number of anilines is 1. The topological polar surface area (TPSA) is 114 Å². The molecule has 1 saturated carbocycles. The highest BCUT2D eigenvalue weighted by Crippen LogP contribution is 2.34. The van der Waals surface area contributed by atoms with Crippen LogP contribution in [0.5, 0.6) is 17.2 Å². The highest BCUT2D eigenvalue weighted by molar-refractivity contribution is 7.92. The number of rotatable bonds is 12. The Kier molecular flexibility index (Phi) is 10.4. The summed E-state index contributed by atoms with van der Waals surface area (Å²) in [7, 11) is 0.524. The first kappa shape index (κ1) is 30.1. The highest BCUT2D eigenvalue weighted by atomic mass is 32.2. The Morgan fingerprint density at radius 2 is 1.56 bits per heavy atom. The van der Waals surface area contributed by atoms with Crippen LogP contribution in [0.3, 0.4) is 0 Å². The maximum absolute atomic E-state index is 13.8. The summed E-state index contributed by atoms with van der Waals surface area (Å²) < 4.78 is 42.7. The first-order valence-electron chi connectivity index (χ1n) is 13.0. The number of amides is 2. The Morgan fingerprint density at radius 3 is 2.13 bits per heavy atom. The van der Waals surface area contributed by atoms with Crippen LogP contribution in [-0.2, 0) is 26.2 Å². The lowest BCUT2D eigenvalue weighted by atomic mass is 9.95. The van der Waals surface area contributed by atoms with E-state index >= 15 is 0 Å². The zero-order chi connectivity index (χ0) is 28.6. The normalized spacial score (nSPS) is 14.7. The van der Waals surface area contributed by atoms with Gasteiger partial charge in [0.15, 0.2) is 0 Å². The van der Waals surface area contributed by atoms with Gasteiger partial charge in [-0.15, -0.1) is 0 Å². The van der Waals surface area contributed by atoms with E-state index in [4.69, 9.17) is 14.2 Å². The molecule has 0 aromatic heterocycles. The molecule has 1 aliphatic rings. The molecule has 1 aliphatic carbocycles. The zero-order valence-corrected chi connectivity index (χ0v) is 24.1. The number of methoxy groups -OCH3 is 3. The minimum Gasteiger partial charge on any atom is -0.497 e. The van der Waals surface area contributed by atoms with Crippen molar-refractivity contribution < 1.29 is 32.2 Å². The molecule has 2 aromatic carbocycles. The van der Waals surface area contributed by atoms with Crippen LogP contribution in [0, 0.1) is 0 Å². The van der Waals surface area contributed by atoms with Gasteiger partial charge in [0, 0.05) is 18.7 Å². The minimum atomic E-state index is -3.92. The predicted octanol–water partition coefficient (Wildman–Crippen LogP) is 3.34. The summed E-state index contributed by atoms with van der Waals surface area (Å²) in [4.78, 5) is 28.5. The molecule has 0 radical (unpaired) electrons. The van der Waals surface area contributed by atoms with Crippen LogP contribution >= 0.6 is 0 Å². The van der Waals surface area contributed by atoms with Crippen LogP contribution in [0.15, 0.2) is 42.5 Å². The second-order valence-electron chi connectivity index (χ2n) is 9.70. The minimum absolute atomic E-state index is 0.0696. The van der Waals surface area contributed by atoms with Gasteiger partial charge in [-0.25, -0.2) is 8.42 Å². The number of hydrogen-bond donors (Lipinski definition) is 1. The lowest BCUT2D eigenvalue weighted by molar-refractivity contribution is -0.139.